The van der Waals surface area contributed by atoms with Gasteiger partial charge >= 0.3 is 0 Å². The molecule has 0 atom stereocenters. The number of nitrogens with one attached hydrogen (secondary N) is 1. The Kier molecular flexibility index (Phi) is 4.36. The van der Waals surface area contributed by atoms with Gasteiger partial charge in [0, 0.05) is 23.7 Å². The summed E-state index contributed by atoms with van der Waals surface area (Å²) in [6.07, 6.45) is 4.23. The molecule has 5 heteroatoms. The zero-order chi connectivity index (χ0) is 17.2. The monoisotopic (exact) mass is 354 g/mol. The predicted molar refractivity (Wildman–Crippen MR) is 101 cm³/mol. The first-order chi connectivity index (χ1) is 12.2. The van der Waals surface area contributed by atoms with Gasteiger partial charge in [-0.25, -0.2) is 0 Å². The van der Waals surface area contributed by atoms with E-state index in [0.29, 0.717) is 10.6 Å². The first-order valence-electron chi connectivity index (χ1n) is 8.49. The Hall–Kier alpha value is -2.46. The molecule has 0 aromatic heterocycles. The van der Waals surface area contributed by atoms with Crippen molar-refractivity contribution < 1.29 is 9.53 Å². The Morgan fingerprint density at radius 3 is 2.76 bits per heavy atom. The molecule has 1 amide bonds. The predicted octanol–water partition coefficient (Wildman–Crippen LogP) is 4.35. The van der Waals surface area contributed by atoms with E-state index in [-0.39, 0.29) is 12.5 Å². The maximum absolute atomic E-state index is 12.7. The number of benzene rings is 2. The van der Waals surface area contributed by atoms with E-state index in [1.807, 2.05) is 48.5 Å². The molecule has 2 heterocycles. The maximum Gasteiger partial charge on any atom is 0.255 e. The SMILES string of the molecule is O=C(Nc1cc(Cl)ccc1N1CCCC1)C1=Cc2ccccc2OC1. The van der Waals surface area contributed by atoms with Gasteiger partial charge in [-0.05, 0) is 43.2 Å². The molecule has 2 aliphatic rings. The van der Waals surface area contributed by atoms with Crippen LogP contribution in [0, 0.1) is 0 Å². The number of amides is 1. The van der Waals surface area contributed by atoms with Gasteiger partial charge in [-0.2, -0.15) is 0 Å². The number of hydrogen-bond donors (Lipinski definition) is 1. The lowest BCUT2D eigenvalue weighted by Gasteiger charge is -2.23. The molecule has 1 N–H and O–H groups in total. The van der Waals surface area contributed by atoms with Gasteiger partial charge in [0.05, 0.1) is 16.9 Å². The zero-order valence-corrected chi connectivity index (χ0v) is 14.6. The van der Waals surface area contributed by atoms with Gasteiger partial charge in [-0.1, -0.05) is 29.8 Å². The van der Waals surface area contributed by atoms with E-state index in [0.717, 1.165) is 35.8 Å². The molecule has 4 rings (SSSR count). The van der Waals surface area contributed by atoms with Crippen LogP contribution < -0.4 is 15.0 Å². The number of ether oxygens (including phenoxy) is 1. The molecule has 0 spiro atoms. The Balaban J connectivity index is 1.59. The Morgan fingerprint density at radius 1 is 1.12 bits per heavy atom. The topological polar surface area (TPSA) is 41.6 Å². The van der Waals surface area contributed by atoms with Crippen LogP contribution in [0.15, 0.2) is 48.0 Å². The normalized spacial score (nSPS) is 16.0. The zero-order valence-electron chi connectivity index (χ0n) is 13.8. The van der Waals surface area contributed by atoms with Crippen LogP contribution >= 0.6 is 11.6 Å². The summed E-state index contributed by atoms with van der Waals surface area (Å²) >= 11 is 6.15. The summed E-state index contributed by atoms with van der Waals surface area (Å²) in [6.45, 7) is 2.27. The summed E-state index contributed by atoms with van der Waals surface area (Å²) < 4.78 is 5.68. The highest BCUT2D eigenvalue weighted by atomic mass is 35.5. The van der Waals surface area contributed by atoms with Crippen LogP contribution in [0.25, 0.3) is 6.08 Å². The summed E-state index contributed by atoms with van der Waals surface area (Å²) in [5.74, 6) is 0.650. The third-order valence-electron chi connectivity index (χ3n) is 4.58. The third-order valence-corrected chi connectivity index (χ3v) is 4.81. The lowest BCUT2D eigenvalue weighted by atomic mass is 10.1. The second-order valence-corrected chi connectivity index (χ2v) is 6.74. The number of rotatable bonds is 3. The molecule has 1 fully saturated rings. The number of nitrogens with zero attached hydrogens (tertiary/aromatic N) is 1. The number of hydrogen-bond acceptors (Lipinski definition) is 3. The van der Waals surface area contributed by atoms with Crippen molar-refractivity contribution in [2.24, 2.45) is 0 Å². The Bertz CT molecular complexity index is 841. The van der Waals surface area contributed by atoms with Crippen molar-refractivity contribution in [3.05, 3.63) is 58.6 Å². The lowest BCUT2D eigenvalue weighted by Crippen LogP contribution is -2.24. The third kappa shape index (κ3) is 3.35. The second-order valence-electron chi connectivity index (χ2n) is 6.31. The van der Waals surface area contributed by atoms with Crippen molar-refractivity contribution in [2.45, 2.75) is 12.8 Å². The van der Waals surface area contributed by atoms with E-state index in [9.17, 15) is 4.79 Å². The number of fused-ring (bicyclic) bond motifs is 1. The summed E-state index contributed by atoms with van der Waals surface area (Å²) in [6, 6.07) is 13.4. The molecule has 2 aromatic carbocycles. The van der Waals surface area contributed by atoms with Crippen molar-refractivity contribution in [3.63, 3.8) is 0 Å². The Morgan fingerprint density at radius 2 is 1.92 bits per heavy atom. The van der Waals surface area contributed by atoms with E-state index >= 15 is 0 Å². The van der Waals surface area contributed by atoms with E-state index in [1.165, 1.54) is 12.8 Å². The van der Waals surface area contributed by atoms with Gasteiger partial charge in [0.25, 0.3) is 5.91 Å². The van der Waals surface area contributed by atoms with E-state index in [2.05, 4.69) is 10.2 Å². The summed E-state index contributed by atoms with van der Waals surface area (Å²) in [5, 5.41) is 3.62. The van der Waals surface area contributed by atoms with Crippen LogP contribution in [0.4, 0.5) is 11.4 Å². The van der Waals surface area contributed by atoms with E-state index in [1.54, 1.807) is 0 Å². The number of carbonyl (C=O) groups excluding carboxylic acids is 1. The Labute approximate surface area is 152 Å². The molecule has 1 saturated heterocycles. The maximum atomic E-state index is 12.7. The van der Waals surface area contributed by atoms with Gasteiger partial charge in [0.2, 0.25) is 0 Å². The molecule has 0 radical (unpaired) electrons. The standard InChI is InChI=1S/C20H19ClN2O2/c21-16-7-8-18(23-9-3-4-10-23)17(12-16)22-20(24)15-11-14-5-1-2-6-19(14)25-13-15/h1-2,5-8,11-12H,3-4,9-10,13H2,(H,22,24). The van der Waals surface area contributed by atoms with Crippen LogP contribution in [0.1, 0.15) is 18.4 Å². The molecule has 0 bridgehead atoms. The van der Waals surface area contributed by atoms with Crippen molar-refractivity contribution in [2.75, 3.05) is 29.9 Å². The minimum absolute atomic E-state index is 0.155. The fourth-order valence-electron chi connectivity index (χ4n) is 3.29. The first-order valence-corrected chi connectivity index (χ1v) is 8.87. The number of carbonyl (C=O) groups is 1. The fraction of sp³-hybridized carbons (Fsp3) is 0.250. The van der Waals surface area contributed by atoms with Gasteiger partial charge in [0.15, 0.2) is 0 Å². The molecule has 0 aliphatic carbocycles. The average Bonchev–Trinajstić information content (AvgIpc) is 3.16. The lowest BCUT2D eigenvalue weighted by molar-refractivity contribution is -0.113. The van der Waals surface area contributed by atoms with Crippen molar-refractivity contribution in [1.82, 2.24) is 0 Å². The molecule has 0 saturated carbocycles. The molecule has 4 nitrogen and oxygen atoms in total. The van der Waals surface area contributed by atoms with Crippen LogP contribution in [0.2, 0.25) is 5.02 Å². The summed E-state index contributed by atoms with van der Waals surface area (Å²) in [7, 11) is 0. The van der Waals surface area contributed by atoms with Crippen LogP contribution in [-0.4, -0.2) is 25.6 Å². The van der Waals surface area contributed by atoms with Crippen molar-refractivity contribution in [3.8, 4) is 5.75 Å². The highest BCUT2D eigenvalue weighted by Gasteiger charge is 2.21. The largest absolute Gasteiger partial charge is 0.488 e. The molecule has 25 heavy (non-hydrogen) atoms. The molecule has 2 aromatic rings. The molecule has 0 unspecified atom stereocenters. The summed E-state index contributed by atoms with van der Waals surface area (Å²) in [4.78, 5) is 15.0. The van der Waals surface area contributed by atoms with Gasteiger partial charge < -0.3 is 15.0 Å². The van der Waals surface area contributed by atoms with E-state index in [4.69, 9.17) is 16.3 Å². The minimum atomic E-state index is -0.155. The van der Waals surface area contributed by atoms with Gasteiger partial charge in [-0.3, -0.25) is 4.79 Å². The molecule has 128 valence electrons. The quantitative estimate of drug-likeness (QED) is 0.890. The van der Waals surface area contributed by atoms with Gasteiger partial charge in [-0.15, -0.1) is 0 Å². The molecular formula is C20H19ClN2O2. The smallest absolute Gasteiger partial charge is 0.255 e. The fourth-order valence-corrected chi connectivity index (χ4v) is 3.46. The average molecular weight is 355 g/mol. The highest BCUT2D eigenvalue weighted by molar-refractivity contribution is 6.31. The molecule has 2 aliphatic heterocycles. The minimum Gasteiger partial charge on any atom is -0.488 e. The second kappa shape index (κ2) is 6.81. The first kappa shape index (κ1) is 16.0. The van der Waals surface area contributed by atoms with E-state index < -0.39 is 0 Å². The van der Waals surface area contributed by atoms with Crippen molar-refractivity contribution >= 4 is 35.0 Å². The number of anilines is 2. The highest BCUT2D eigenvalue weighted by Crippen LogP contribution is 2.32. The molecular weight excluding hydrogens is 336 g/mol. The summed E-state index contributed by atoms with van der Waals surface area (Å²) in [5.41, 5.74) is 3.29. The number of halogens is 1. The van der Waals surface area contributed by atoms with Crippen molar-refractivity contribution in [1.29, 1.82) is 0 Å². The van der Waals surface area contributed by atoms with Gasteiger partial charge in [0.1, 0.15) is 12.4 Å². The van der Waals surface area contributed by atoms with Crippen LogP contribution in [0.3, 0.4) is 0 Å². The van der Waals surface area contributed by atoms with Crippen LogP contribution in [0.5, 0.6) is 5.75 Å². The number of para-hydroxylation sites is 1. The van der Waals surface area contributed by atoms with Crippen LogP contribution in [-0.2, 0) is 4.79 Å².